The third-order valence-corrected chi connectivity index (χ3v) is 3.25. The van der Waals surface area contributed by atoms with Crippen LogP contribution in [0.2, 0.25) is 0 Å². The van der Waals surface area contributed by atoms with Crippen LogP contribution in [0.15, 0.2) is 48.8 Å². The zero-order chi connectivity index (χ0) is 17.0. The van der Waals surface area contributed by atoms with Crippen molar-refractivity contribution in [1.29, 1.82) is 0 Å². The van der Waals surface area contributed by atoms with Crippen LogP contribution < -0.4 is 0 Å². The van der Waals surface area contributed by atoms with Crippen LogP contribution in [-0.4, -0.2) is 32.3 Å². The lowest BCUT2D eigenvalue weighted by Gasteiger charge is -2.04. The molecule has 0 aliphatic heterocycles. The molecule has 2 rings (SSSR count). The lowest BCUT2D eigenvalue weighted by molar-refractivity contribution is -0.146. The number of hydrogen-bond acceptors (Lipinski definition) is 4. The number of carboxylic acid groups (broad SMARTS) is 1. The smallest absolute Gasteiger partial charge is 0.376 e. The fourth-order valence-corrected chi connectivity index (χ4v) is 2.02. The number of benzene rings is 1. The van der Waals surface area contributed by atoms with Gasteiger partial charge in [0.05, 0.1) is 0 Å². The number of carbonyl (C=O) groups excluding carboxylic acids is 2. The van der Waals surface area contributed by atoms with E-state index >= 15 is 0 Å². The number of aliphatic carboxylic acids is 1. The molecule has 0 radical (unpaired) electrons. The topological polar surface area (TPSA) is 96.6 Å². The van der Waals surface area contributed by atoms with Crippen molar-refractivity contribution < 1.29 is 24.6 Å². The van der Waals surface area contributed by atoms with Crippen LogP contribution in [0.25, 0.3) is 5.76 Å². The zero-order valence-corrected chi connectivity index (χ0v) is 12.4. The van der Waals surface area contributed by atoms with Crippen LogP contribution in [0.3, 0.4) is 0 Å². The molecule has 2 aromatic rings. The Balaban J connectivity index is 2.11. The molecular weight excluding hydrogens is 298 g/mol. The second kappa shape index (κ2) is 6.74. The summed E-state index contributed by atoms with van der Waals surface area (Å²) in [6.07, 6.45) is 3.97. The lowest BCUT2D eigenvalue weighted by atomic mass is 10.1. The molecule has 0 amide bonds. The van der Waals surface area contributed by atoms with E-state index in [0.29, 0.717) is 23.7 Å². The van der Waals surface area contributed by atoms with Crippen molar-refractivity contribution in [2.75, 3.05) is 0 Å². The van der Waals surface area contributed by atoms with Crippen LogP contribution in [-0.2, 0) is 16.1 Å². The average Bonchev–Trinajstić information content (AvgIpc) is 2.96. The molecule has 0 atom stereocenters. The second-order valence-electron chi connectivity index (χ2n) is 5.02. The highest BCUT2D eigenvalue weighted by Crippen LogP contribution is 2.14. The van der Waals surface area contributed by atoms with Gasteiger partial charge in [-0.1, -0.05) is 24.3 Å². The summed E-state index contributed by atoms with van der Waals surface area (Å²) in [5.41, 5.74) is 1.94. The van der Waals surface area contributed by atoms with Gasteiger partial charge in [-0.15, -0.1) is 0 Å². The van der Waals surface area contributed by atoms with E-state index in [4.69, 9.17) is 5.11 Å². The van der Waals surface area contributed by atoms with Crippen molar-refractivity contribution in [2.24, 2.45) is 0 Å². The van der Waals surface area contributed by atoms with Crippen molar-refractivity contribution in [1.82, 2.24) is 4.57 Å². The Kier molecular flexibility index (Phi) is 4.75. The molecule has 1 aromatic heterocycles. The van der Waals surface area contributed by atoms with Gasteiger partial charge in [-0.05, 0) is 18.6 Å². The molecule has 23 heavy (non-hydrogen) atoms. The van der Waals surface area contributed by atoms with Gasteiger partial charge in [0.15, 0.2) is 5.78 Å². The molecule has 1 heterocycles. The summed E-state index contributed by atoms with van der Waals surface area (Å²) in [6.45, 7) is 2.01. The Bertz CT molecular complexity index is 784. The van der Waals surface area contributed by atoms with Gasteiger partial charge in [0.1, 0.15) is 5.76 Å². The Hall–Kier alpha value is -3.15. The minimum Gasteiger partial charge on any atom is -0.507 e. The van der Waals surface area contributed by atoms with E-state index in [1.165, 1.54) is 6.92 Å². The molecule has 0 unspecified atom stereocenters. The lowest BCUT2D eigenvalue weighted by Crippen LogP contribution is -2.09. The number of aliphatic hydroxyl groups excluding tert-OH is 1. The van der Waals surface area contributed by atoms with E-state index < -0.39 is 17.5 Å². The van der Waals surface area contributed by atoms with Gasteiger partial charge >= 0.3 is 5.97 Å². The first-order valence-corrected chi connectivity index (χ1v) is 6.81. The second-order valence-corrected chi connectivity index (χ2v) is 5.02. The van der Waals surface area contributed by atoms with Gasteiger partial charge in [0.2, 0.25) is 0 Å². The maximum atomic E-state index is 11.2. The van der Waals surface area contributed by atoms with Crippen LogP contribution in [0.1, 0.15) is 28.4 Å². The Morgan fingerprint density at radius 2 is 1.70 bits per heavy atom. The molecule has 0 bridgehead atoms. The highest BCUT2D eigenvalue weighted by atomic mass is 16.4. The summed E-state index contributed by atoms with van der Waals surface area (Å²) < 4.78 is 1.77. The molecule has 118 valence electrons. The van der Waals surface area contributed by atoms with Crippen molar-refractivity contribution in [3.8, 4) is 0 Å². The zero-order valence-electron chi connectivity index (χ0n) is 12.4. The van der Waals surface area contributed by atoms with Crippen molar-refractivity contribution in [2.45, 2.75) is 13.5 Å². The van der Waals surface area contributed by atoms with Crippen molar-refractivity contribution >= 4 is 23.3 Å². The number of aliphatic hydroxyl groups is 1. The Morgan fingerprint density at radius 1 is 1.04 bits per heavy atom. The first-order valence-electron chi connectivity index (χ1n) is 6.81. The van der Waals surface area contributed by atoms with Gasteiger partial charge in [-0.3, -0.25) is 9.59 Å². The molecule has 0 saturated carbocycles. The third kappa shape index (κ3) is 4.16. The number of carbonyl (C=O) groups is 3. The van der Waals surface area contributed by atoms with Crippen LogP contribution in [0.4, 0.5) is 0 Å². The van der Waals surface area contributed by atoms with Gasteiger partial charge in [0, 0.05) is 36.1 Å². The first-order chi connectivity index (χ1) is 10.9. The fourth-order valence-electron chi connectivity index (χ4n) is 2.02. The minimum absolute atomic E-state index is 0.00189. The molecule has 0 aliphatic carbocycles. The summed E-state index contributed by atoms with van der Waals surface area (Å²) in [4.78, 5) is 32.7. The van der Waals surface area contributed by atoms with E-state index in [-0.39, 0.29) is 5.78 Å². The number of hydrogen-bond donors (Lipinski definition) is 2. The van der Waals surface area contributed by atoms with Crippen molar-refractivity contribution in [3.63, 3.8) is 0 Å². The van der Waals surface area contributed by atoms with E-state index in [9.17, 15) is 19.5 Å². The van der Waals surface area contributed by atoms with E-state index in [1.54, 1.807) is 35.2 Å². The molecule has 0 saturated heterocycles. The maximum Gasteiger partial charge on any atom is 0.376 e. The molecule has 0 aliphatic rings. The quantitative estimate of drug-likeness (QED) is 0.369. The number of nitrogens with zero attached hydrogens (tertiary/aromatic N) is 1. The van der Waals surface area contributed by atoms with Crippen molar-refractivity contribution in [3.05, 3.63) is 65.5 Å². The highest BCUT2D eigenvalue weighted by molar-refractivity contribution is 6.38. The fraction of sp³-hybridized carbons (Fsp3) is 0.118. The molecule has 0 spiro atoms. The summed E-state index contributed by atoms with van der Waals surface area (Å²) in [7, 11) is 0. The van der Waals surface area contributed by atoms with E-state index in [1.807, 2.05) is 12.1 Å². The molecule has 1 aromatic carbocycles. The summed E-state index contributed by atoms with van der Waals surface area (Å²) in [5.74, 6) is -3.21. The number of carboxylic acids is 1. The van der Waals surface area contributed by atoms with Gasteiger partial charge < -0.3 is 14.8 Å². The first kappa shape index (κ1) is 16.2. The molecule has 6 heteroatoms. The number of aromatic nitrogens is 1. The molecular formula is C17H15NO5. The van der Waals surface area contributed by atoms with Gasteiger partial charge in [-0.25, -0.2) is 4.79 Å². The number of ketones is 2. The molecule has 6 nitrogen and oxygen atoms in total. The normalized spacial score (nSPS) is 11.3. The predicted molar refractivity (Wildman–Crippen MR) is 83.2 cm³/mol. The Labute approximate surface area is 132 Å². The predicted octanol–water partition coefficient (Wildman–Crippen LogP) is 2.29. The summed E-state index contributed by atoms with van der Waals surface area (Å²) in [6, 6.07) is 8.72. The SMILES string of the molecule is CC(=O)c1ccc(Cn2ccc(C(O)=CC(=O)C(=O)O)c2)cc1. The third-order valence-electron chi connectivity index (χ3n) is 3.25. The monoisotopic (exact) mass is 313 g/mol. The Morgan fingerprint density at radius 3 is 2.26 bits per heavy atom. The van der Waals surface area contributed by atoms with E-state index in [0.717, 1.165) is 5.56 Å². The van der Waals surface area contributed by atoms with Gasteiger partial charge in [0.25, 0.3) is 5.78 Å². The van der Waals surface area contributed by atoms with Gasteiger partial charge in [-0.2, -0.15) is 0 Å². The van der Waals surface area contributed by atoms with E-state index in [2.05, 4.69) is 0 Å². The summed E-state index contributed by atoms with van der Waals surface area (Å²) in [5, 5.41) is 18.2. The van der Waals surface area contributed by atoms with Crippen LogP contribution >= 0.6 is 0 Å². The van der Waals surface area contributed by atoms with Crippen LogP contribution in [0.5, 0.6) is 0 Å². The molecule has 2 N–H and O–H groups in total. The van der Waals surface area contributed by atoms with Crippen LogP contribution in [0, 0.1) is 0 Å². The number of Topliss-reactive ketones (excluding diaryl/α,β-unsaturated/α-hetero) is 1. The maximum absolute atomic E-state index is 11.2. The summed E-state index contributed by atoms with van der Waals surface area (Å²) >= 11 is 0. The largest absolute Gasteiger partial charge is 0.507 e. The minimum atomic E-state index is -1.62. The molecule has 0 fully saturated rings. The number of rotatable bonds is 6. The highest BCUT2D eigenvalue weighted by Gasteiger charge is 2.11. The average molecular weight is 313 g/mol. The standard InChI is InChI=1S/C17H15NO5/c1-11(19)13-4-2-12(3-5-13)9-18-7-6-14(10-18)15(20)8-16(21)17(22)23/h2-8,10,20H,9H2,1H3,(H,22,23).